The van der Waals surface area contributed by atoms with Crippen LogP contribution in [0.1, 0.15) is 12.5 Å². The summed E-state index contributed by atoms with van der Waals surface area (Å²) in [5, 5.41) is 0. The molecule has 2 saturated heterocycles. The highest BCUT2D eigenvalue weighted by Gasteiger charge is 2.48. The lowest BCUT2D eigenvalue weighted by atomic mass is 10.1. The zero-order valence-corrected chi connectivity index (χ0v) is 14.9. The van der Waals surface area contributed by atoms with Gasteiger partial charge in [-0.15, -0.1) is 12.4 Å². The molecule has 1 aromatic rings. The molecule has 25 heavy (non-hydrogen) atoms. The maximum Gasteiger partial charge on any atom is 0.328 e. The van der Waals surface area contributed by atoms with Crippen molar-refractivity contribution in [1.29, 1.82) is 0 Å². The molecule has 1 aromatic carbocycles. The maximum atomic E-state index is 12.5. The van der Waals surface area contributed by atoms with E-state index in [1.165, 1.54) is 5.56 Å². The number of fused-ring (bicyclic) bond motifs is 1. The van der Waals surface area contributed by atoms with Gasteiger partial charge in [0.2, 0.25) is 0 Å². The Morgan fingerprint density at radius 1 is 1.20 bits per heavy atom. The molecule has 1 atom stereocenters. The summed E-state index contributed by atoms with van der Waals surface area (Å²) in [6, 6.07) is 9.12. The van der Waals surface area contributed by atoms with Gasteiger partial charge in [0.05, 0.1) is 6.61 Å². The average Bonchev–Trinajstić information content (AvgIpc) is 2.81. The van der Waals surface area contributed by atoms with Gasteiger partial charge in [-0.1, -0.05) is 30.3 Å². The highest BCUT2D eigenvalue weighted by molar-refractivity contribution is 6.06. The second-order valence-electron chi connectivity index (χ2n) is 5.94. The van der Waals surface area contributed by atoms with E-state index in [9.17, 15) is 14.4 Å². The van der Waals surface area contributed by atoms with Gasteiger partial charge in [0.1, 0.15) is 12.6 Å². The number of rotatable bonds is 5. The monoisotopic (exact) mass is 367 g/mol. The first-order valence-corrected chi connectivity index (χ1v) is 8.14. The normalized spacial score (nSPS) is 20.3. The van der Waals surface area contributed by atoms with Crippen LogP contribution < -0.4 is 0 Å². The fourth-order valence-corrected chi connectivity index (χ4v) is 3.18. The maximum absolute atomic E-state index is 12.5. The second kappa shape index (κ2) is 8.31. The van der Waals surface area contributed by atoms with Crippen molar-refractivity contribution < 1.29 is 19.1 Å². The Kier molecular flexibility index (Phi) is 6.39. The van der Waals surface area contributed by atoms with Crippen LogP contribution in [-0.2, 0) is 20.9 Å². The first-order valence-electron chi connectivity index (χ1n) is 8.14. The zero-order valence-electron chi connectivity index (χ0n) is 14.1. The number of benzene rings is 1. The van der Waals surface area contributed by atoms with Crippen LogP contribution >= 0.6 is 12.4 Å². The number of hydrogen-bond donors (Lipinski definition) is 0. The van der Waals surface area contributed by atoms with E-state index in [0.717, 1.165) is 11.4 Å². The minimum absolute atomic E-state index is 0. The number of ether oxygens (including phenoxy) is 1. The molecular weight excluding hydrogens is 346 g/mol. The summed E-state index contributed by atoms with van der Waals surface area (Å²) in [5.41, 5.74) is 1.17. The predicted octanol–water partition coefficient (Wildman–Crippen LogP) is 1.12. The molecule has 0 spiro atoms. The molecule has 2 heterocycles. The van der Waals surface area contributed by atoms with Crippen molar-refractivity contribution in [3.8, 4) is 0 Å². The van der Waals surface area contributed by atoms with E-state index >= 15 is 0 Å². The van der Waals surface area contributed by atoms with Gasteiger partial charge in [-0.3, -0.25) is 19.4 Å². The molecule has 1 unspecified atom stereocenters. The molecule has 0 N–H and O–H groups in total. The number of halogens is 1. The van der Waals surface area contributed by atoms with Crippen LogP contribution in [0.2, 0.25) is 0 Å². The quantitative estimate of drug-likeness (QED) is 0.576. The number of piperazine rings is 1. The molecule has 136 valence electrons. The van der Waals surface area contributed by atoms with Crippen molar-refractivity contribution in [3.63, 3.8) is 0 Å². The van der Waals surface area contributed by atoms with Gasteiger partial charge in [0, 0.05) is 26.2 Å². The van der Waals surface area contributed by atoms with Gasteiger partial charge >= 0.3 is 12.0 Å². The Hall–Kier alpha value is -2.12. The number of hydrogen-bond acceptors (Lipinski definition) is 5. The van der Waals surface area contributed by atoms with Crippen molar-refractivity contribution in [2.45, 2.75) is 19.5 Å². The summed E-state index contributed by atoms with van der Waals surface area (Å²) in [6.45, 7) is 4.03. The van der Waals surface area contributed by atoms with Gasteiger partial charge in [0.25, 0.3) is 5.91 Å². The topological polar surface area (TPSA) is 70.2 Å². The summed E-state index contributed by atoms with van der Waals surface area (Å²) in [7, 11) is 0. The Morgan fingerprint density at radius 3 is 2.60 bits per heavy atom. The minimum atomic E-state index is -0.555. The number of amides is 3. The molecule has 8 heteroatoms. The summed E-state index contributed by atoms with van der Waals surface area (Å²) in [5.74, 6) is -0.869. The van der Waals surface area contributed by atoms with Gasteiger partial charge < -0.3 is 9.64 Å². The third-order valence-electron chi connectivity index (χ3n) is 4.33. The predicted molar refractivity (Wildman–Crippen MR) is 93.2 cm³/mol. The van der Waals surface area contributed by atoms with E-state index in [1.54, 1.807) is 11.8 Å². The molecule has 2 fully saturated rings. The van der Waals surface area contributed by atoms with Crippen LogP contribution in [0.4, 0.5) is 4.79 Å². The lowest BCUT2D eigenvalue weighted by Gasteiger charge is -2.35. The van der Waals surface area contributed by atoms with E-state index in [-0.39, 0.29) is 31.5 Å². The number of esters is 1. The van der Waals surface area contributed by atoms with Crippen LogP contribution in [0.25, 0.3) is 0 Å². The second-order valence-corrected chi connectivity index (χ2v) is 5.94. The molecule has 3 rings (SSSR count). The Morgan fingerprint density at radius 2 is 1.92 bits per heavy atom. The average molecular weight is 368 g/mol. The first kappa shape index (κ1) is 19.2. The van der Waals surface area contributed by atoms with Gasteiger partial charge in [0.15, 0.2) is 0 Å². The number of urea groups is 1. The molecular formula is C17H22ClN3O4. The van der Waals surface area contributed by atoms with Gasteiger partial charge in [-0.25, -0.2) is 4.79 Å². The number of carbonyl (C=O) groups is 3. The van der Waals surface area contributed by atoms with Crippen molar-refractivity contribution in [2.75, 3.05) is 32.8 Å². The SMILES string of the molecule is CCOC(=O)CN1C(=O)C2CN(Cc3ccccc3)CCN2C1=O.Cl. The Labute approximate surface area is 152 Å². The molecule has 2 aliphatic rings. The summed E-state index contributed by atoms with van der Waals surface area (Å²) < 4.78 is 4.84. The summed E-state index contributed by atoms with van der Waals surface area (Å²) in [4.78, 5) is 41.2. The molecule has 0 bridgehead atoms. The number of nitrogens with zero attached hydrogens (tertiary/aromatic N) is 3. The molecule has 7 nitrogen and oxygen atoms in total. The molecule has 3 amide bonds. The summed E-state index contributed by atoms with van der Waals surface area (Å²) >= 11 is 0. The lowest BCUT2D eigenvalue weighted by molar-refractivity contribution is -0.146. The fourth-order valence-electron chi connectivity index (χ4n) is 3.18. The smallest absolute Gasteiger partial charge is 0.328 e. The third kappa shape index (κ3) is 4.11. The minimum Gasteiger partial charge on any atom is -0.465 e. The molecule has 0 aromatic heterocycles. The van der Waals surface area contributed by atoms with E-state index in [1.807, 2.05) is 30.3 Å². The van der Waals surface area contributed by atoms with E-state index < -0.39 is 18.0 Å². The van der Waals surface area contributed by atoms with E-state index in [2.05, 4.69) is 4.90 Å². The Balaban J connectivity index is 0.00000225. The Bertz CT molecular complexity index is 640. The fraction of sp³-hybridized carbons (Fsp3) is 0.471. The third-order valence-corrected chi connectivity index (χ3v) is 4.33. The van der Waals surface area contributed by atoms with Gasteiger partial charge in [-0.2, -0.15) is 0 Å². The van der Waals surface area contributed by atoms with Crippen molar-refractivity contribution >= 4 is 30.3 Å². The van der Waals surface area contributed by atoms with Crippen molar-refractivity contribution in [3.05, 3.63) is 35.9 Å². The van der Waals surface area contributed by atoms with Crippen LogP contribution in [-0.4, -0.2) is 71.4 Å². The van der Waals surface area contributed by atoms with E-state index in [0.29, 0.717) is 19.6 Å². The summed E-state index contributed by atoms with van der Waals surface area (Å²) in [6.07, 6.45) is 0. The number of imide groups is 1. The molecule has 0 saturated carbocycles. The lowest BCUT2D eigenvalue weighted by Crippen LogP contribution is -2.52. The number of carbonyl (C=O) groups excluding carboxylic acids is 3. The molecule has 2 aliphatic heterocycles. The molecule has 0 radical (unpaired) electrons. The van der Waals surface area contributed by atoms with Crippen molar-refractivity contribution in [1.82, 2.24) is 14.7 Å². The highest BCUT2D eigenvalue weighted by atomic mass is 35.5. The zero-order chi connectivity index (χ0) is 17.1. The highest BCUT2D eigenvalue weighted by Crippen LogP contribution is 2.23. The van der Waals surface area contributed by atoms with Crippen LogP contribution in [0.3, 0.4) is 0 Å². The van der Waals surface area contributed by atoms with Crippen LogP contribution in [0.5, 0.6) is 0 Å². The standard InChI is InChI=1S/C17H21N3O4.ClH/c1-2-24-15(21)12-20-16(22)14-11-18(8-9-19(14)17(20)23)10-13-6-4-3-5-7-13;/h3-7,14H,2,8-12H2,1H3;1H. The van der Waals surface area contributed by atoms with Crippen LogP contribution in [0, 0.1) is 0 Å². The van der Waals surface area contributed by atoms with E-state index in [4.69, 9.17) is 4.74 Å². The van der Waals surface area contributed by atoms with Crippen molar-refractivity contribution in [2.24, 2.45) is 0 Å². The molecule has 0 aliphatic carbocycles. The van der Waals surface area contributed by atoms with Crippen LogP contribution in [0.15, 0.2) is 30.3 Å². The van der Waals surface area contributed by atoms with Gasteiger partial charge in [-0.05, 0) is 12.5 Å². The first-order chi connectivity index (χ1) is 11.6. The largest absolute Gasteiger partial charge is 0.465 e.